The Morgan fingerprint density at radius 1 is 1.11 bits per heavy atom. The van der Waals surface area contributed by atoms with Gasteiger partial charge in [0.1, 0.15) is 11.7 Å². The Kier molecular flexibility index (Phi) is 18.0. The Labute approximate surface area is 269 Å². The number of likely N-dealkylation sites (N-methyl/N-ethyl adjacent to an activating group) is 1. The number of amides is 1. The van der Waals surface area contributed by atoms with Crippen molar-refractivity contribution in [2.45, 2.75) is 73.3 Å². The first-order chi connectivity index (χ1) is 21.6. The molecule has 0 spiro atoms. The topological polar surface area (TPSA) is 78.7 Å². The third-order valence-electron chi connectivity index (χ3n) is 7.39. The minimum atomic E-state index is -0.966. The molecule has 1 aliphatic rings. The number of hydrogen-bond donors (Lipinski definition) is 1. The van der Waals surface area contributed by atoms with E-state index < -0.39 is 5.97 Å². The van der Waals surface area contributed by atoms with Crippen molar-refractivity contribution in [1.82, 2.24) is 19.4 Å². The molecule has 2 heterocycles. The van der Waals surface area contributed by atoms with Gasteiger partial charge in [-0.2, -0.15) is 0 Å². The Balaban J connectivity index is 0.000000880. The van der Waals surface area contributed by atoms with E-state index >= 15 is 0 Å². The van der Waals surface area contributed by atoms with Crippen molar-refractivity contribution in [3.05, 3.63) is 96.7 Å². The first kappa shape index (κ1) is 39.0. The number of allylic oxidation sites excluding steroid dienone is 8. The van der Waals surface area contributed by atoms with Gasteiger partial charge in [0.15, 0.2) is 0 Å². The van der Waals surface area contributed by atoms with Crippen LogP contribution >= 0.6 is 0 Å². The molecule has 1 aromatic heterocycles. The van der Waals surface area contributed by atoms with Crippen molar-refractivity contribution in [3.8, 4) is 0 Å². The molecule has 7 nitrogen and oxygen atoms in total. The average molecular weight is 621 g/mol. The van der Waals surface area contributed by atoms with Gasteiger partial charge in [0.2, 0.25) is 0 Å². The molecule has 8 heteroatoms. The molecule has 1 aromatic carbocycles. The standard InChI is InChI=1S/C28H38N4O3.C7H9F.C2H6/c1-6-8-9-10-21(4)32-25-14-13-23(28(34)35)19-24(25)29-26(32)20(3)11-12-22(7-2)27(33)31-17-15-30(5)16-18-31;1-3-5-6-7(8)4-2;1-2/h7,11-14,19,21H,2,6,8-10,15-18H2,1,3-5H3,(H,34,35);3-6H,1H2,2H3;1-2H3/b20-11+,22-12+;6-5-,7-4+;. The van der Waals surface area contributed by atoms with Gasteiger partial charge in [0, 0.05) is 37.8 Å². The molecule has 1 atom stereocenters. The van der Waals surface area contributed by atoms with Crippen LogP contribution < -0.4 is 0 Å². The van der Waals surface area contributed by atoms with Crippen LogP contribution in [0, 0.1) is 0 Å². The van der Waals surface area contributed by atoms with Gasteiger partial charge in [-0.05, 0) is 70.2 Å². The number of aromatic carboxylic acids is 1. The van der Waals surface area contributed by atoms with Gasteiger partial charge in [0.25, 0.3) is 5.91 Å². The van der Waals surface area contributed by atoms with E-state index in [9.17, 15) is 19.1 Å². The van der Waals surface area contributed by atoms with Crippen LogP contribution in [0.25, 0.3) is 16.6 Å². The Morgan fingerprint density at radius 2 is 1.78 bits per heavy atom. The molecule has 1 unspecified atom stereocenters. The maximum Gasteiger partial charge on any atom is 0.335 e. The fourth-order valence-electron chi connectivity index (χ4n) is 4.74. The number of piperazine rings is 1. The number of fused-ring (bicyclic) bond motifs is 1. The summed E-state index contributed by atoms with van der Waals surface area (Å²) in [5.74, 6) is -0.417. The molecule has 0 radical (unpaired) electrons. The number of benzene rings is 1. The Hall–Kier alpha value is -4.04. The lowest BCUT2D eigenvalue weighted by Gasteiger charge is -2.32. The molecule has 1 aliphatic heterocycles. The van der Waals surface area contributed by atoms with Gasteiger partial charge in [-0.3, -0.25) is 4.79 Å². The number of unbranched alkanes of at least 4 members (excludes halogenated alkanes) is 2. The average Bonchev–Trinajstić information content (AvgIpc) is 3.44. The van der Waals surface area contributed by atoms with Crippen LogP contribution in [0.2, 0.25) is 0 Å². The van der Waals surface area contributed by atoms with E-state index in [4.69, 9.17) is 4.98 Å². The van der Waals surface area contributed by atoms with E-state index in [0.717, 1.165) is 49.3 Å². The number of carboxylic acid groups (broad SMARTS) is 1. The molecule has 1 amide bonds. The third-order valence-corrected chi connectivity index (χ3v) is 7.39. The fraction of sp³-hybridized carbons (Fsp3) is 0.432. The number of nitrogens with zero attached hydrogens (tertiary/aromatic N) is 4. The van der Waals surface area contributed by atoms with Crippen molar-refractivity contribution in [1.29, 1.82) is 0 Å². The Bertz CT molecular complexity index is 1390. The molecule has 0 aliphatic carbocycles. The van der Waals surface area contributed by atoms with Crippen LogP contribution in [0.15, 0.2) is 85.3 Å². The highest BCUT2D eigenvalue weighted by Crippen LogP contribution is 2.29. The summed E-state index contributed by atoms with van der Waals surface area (Å²) in [6.45, 7) is 22.4. The predicted octanol–water partition coefficient (Wildman–Crippen LogP) is 8.79. The summed E-state index contributed by atoms with van der Waals surface area (Å²) in [5.41, 5.74) is 3.27. The number of aromatic nitrogens is 2. The van der Waals surface area contributed by atoms with Crippen LogP contribution in [0.3, 0.4) is 0 Å². The highest BCUT2D eigenvalue weighted by Gasteiger charge is 2.21. The number of imidazole rings is 1. The van der Waals surface area contributed by atoms with Gasteiger partial charge < -0.3 is 19.5 Å². The predicted molar refractivity (Wildman–Crippen MR) is 187 cm³/mol. The summed E-state index contributed by atoms with van der Waals surface area (Å²) >= 11 is 0. The van der Waals surface area contributed by atoms with Crippen molar-refractivity contribution in [2.24, 2.45) is 0 Å². The van der Waals surface area contributed by atoms with Crippen LogP contribution in [-0.2, 0) is 4.79 Å². The minimum Gasteiger partial charge on any atom is -0.478 e. The SMILES string of the molecule is C=C/C(=C\C=C(/C)c1nc2cc(C(=O)O)ccc2n1C(C)CCCCC)C(=O)N1CCN(C)CC1.C=C/C=C\C(F)=C/C.CC. The second-order valence-corrected chi connectivity index (χ2v) is 10.7. The molecule has 0 bridgehead atoms. The minimum absolute atomic E-state index is 0.00955. The molecule has 3 rings (SSSR count). The number of carbonyl (C=O) groups is 2. The van der Waals surface area contributed by atoms with E-state index in [1.165, 1.54) is 24.6 Å². The van der Waals surface area contributed by atoms with Crippen molar-refractivity contribution in [2.75, 3.05) is 33.2 Å². The zero-order chi connectivity index (χ0) is 33.9. The molecule has 246 valence electrons. The second kappa shape index (κ2) is 20.8. The molecule has 1 N–H and O–H groups in total. The fourth-order valence-corrected chi connectivity index (χ4v) is 4.74. The quantitative estimate of drug-likeness (QED) is 0.146. The summed E-state index contributed by atoms with van der Waals surface area (Å²) < 4.78 is 14.2. The van der Waals surface area contributed by atoms with Gasteiger partial charge >= 0.3 is 5.97 Å². The zero-order valence-corrected chi connectivity index (χ0v) is 28.4. The summed E-state index contributed by atoms with van der Waals surface area (Å²) in [5, 5.41) is 9.43. The highest BCUT2D eigenvalue weighted by atomic mass is 19.1. The number of hydrogen-bond acceptors (Lipinski definition) is 4. The Morgan fingerprint density at radius 3 is 2.33 bits per heavy atom. The van der Waals surface area contributed by atoms with E-state index in [0.29, 0.717) is 24.2 Å². The normalized spacial score (nSPS) is 15.2. The largest absolute Gasteiger partial charge is 0.478 e. The maximum absolute atomic E-state index is 13.0. The molecule has 1 saturated heterocycles. The first-order valence-electron chi connectivity index (χ1n) is 15.9. The number of halogens is 1. The summed E-state index contributed by atoms with van der Waals surface area (Å²) in [6.07, 6.45) is 15.6. The van der Waals surface area contributed by atoms with Crippen molar-refractivity contribution < 1.29 is 19.1 Å². The molecule has 0 saturated carbocycles. The summed E-state index contributed by atoms with van der Waals surface area (Å²) in [7, 11) is 2.06. The first-order valence-corrected chi connectivity index (χ1v) is 15.9. The second-order valence-electron chi connectivity index (χ2n) is 10.7. The lowest BCUT2D eigenvalue weighted by Crippen LogP contribution is -2.47. The van der Waals surface area contributed by atoms with Crippen LogP contribution in [0.1, 0.15) is 89.4 Å². The summed E-state index contributed by atoms with van der Waals surface area (Å²) in [4.78, 5) is 33.4. The molecule has 45 heavy (non-hydrogen) atoms. The number of carbonyl (C=O) groups excluding carboxylic acids is 1. The highest BCUT2D eigenvalue weighted by molar-refractivity contribution is 5.97. The van der Waals surface area contributed by atoms with Crippen molar-refractivity contribution >= 4 is 28.5 Å². The molecule has 1 fully saturated rings. The van der Waals surface area contributed by atoms with Gasteiger partial charge in [0.05, 0.1) is 16.6 Å². The number of rotatable bonds is 12. The van der Waals surface area contributed by atoms with Crippen molar-refractivity contribution in [3.63, 3.8) is 0 Å². The number of carboxylic acids is 1. The summed E-state index contributed by atoms with van der Waals surface area (Å²) in [6, 6.07) is 5.32. The monoisotopic (exact) mass is 620 g/mol. The van der Waals surface area contributed by atoms with Crippen LogP contribution in [0.5, 0.6) is 0 Å². The molecular formula is C37H53FN4O3. The van der Waals surface area contributed by atoms with Crippen LogP contribution in [-0.4, -0.2) is 69.6 Å². The maximum atomic E-state index is 13.0. The van der Waals surface area contributed by atoms with E-state index in [-0.39, 0.29) is 23.3 Å². The lowest BCUT2D eigenvalue weighted by atomic mass is 10.1. The molecular weight excluding hydrogens is 567 g/mol. The lowest BCUT2D eigenvalue weighted by molar-refractivity contribution is -0.128. The molecule has 2 aromatic rings. The van der Waals surface area contributed by atoms with Gasteiger partial charge in [-0.1, -0.05) is 83.6 Å². The van der Waals surface area contributed by atoms with E-state index in [2.05, 4.69) is 43.5 Å². The zero-order valence-electron chi connectivity index (χ0n) is 28.4. The van der Waals surface area contributed by atoms with Gasteiger partial charge in [-0.25, -0.2) is 14.2 Å². The van der Waals surface area contributed by atoms with E-state index in [1.54, 1.807) is 31.2 Å². The van der Waals surface area contributed by atoms with Crippen LogP contribution in [0.4, 0.5) is 4.39 Å². The third kappa shape index (κ3) is 12.1. The smallest absolute Gasteiger partial charge is 0.335 e. The van der Waals surface area contributed by atoms with Gasteiger partial charge in [-0.15, -0.1) is 0 Å². The van der Waals surface area contributed by atoms with E-state index in [1.807, 2.05) is 43.9 Å².